The quantitative estimate of drug-likeness (QED) is 0.843. The lowest BCUT2D eigenvalue weighted by Crippen LogP contribution is -2.22. The molecule has 1 fully saturated rings. The van der Waals surface area contributed by atoms with E-state index in [2.05, 4.69) is 46.4 Å². The Balaban J connectivity index is 2.07. The Kier molecular flexibility index (Phi) is 4.28. The fourth-order valence-electron chi connectivity index (χ4n) is 2.46. The molecule has 0 unspecified atom stereocenters. The number of benzene rings is 1. The van der Waals surface area contributed by atoms with E-state index < -0.39 is 0 Å². The van der Waals surface area contributed by atoms with Crippen molar-refractivity contribution in [2.75, 3.05) is 5.32 Å². The fourth-order valence-corrected chi connectivity index (χ4v) is 2.87. The van der Waals surface area contributed by atoms with Crippen molar-refractivity contribution in [2.45, 2.75) is 51.5 Å². The summed E-state index contributed by atoms with van der Waals surface area (Å²) in [5.41, 5.74) is 2.75. The van der Waals surface area contributed by atoms with Gasteiger partial charge >= 0.3 is 0 Å². The Morgan fingerprint density at radius 3 is 2.69 bits per heavy atom. The molecule has 0 aliphatic heterocycles. The van der Waals surface area contributed by atoms with Gasteiger partial charge in [0.1, 0.15) is 0 Å². The number of rotatable bonds is 3. The number of hydrogen-bond acceptors (Lipinski definition) is 1. The number of anilines is 1. The van der Waals surface area contributed by atoms with Crippen LogP contribution < -0.4 is 5.32 Å². The second-order valence-electron chi connectivity index (χ2n) is 4.63. The molecule has 1 N–H and O–H groups in total. The Morgan fingerprint density at radius 1 is 1.25 bits per heavy atom. The van der Waals surface area contributed by atoms with E-state index in [1.165, 1.54) is 47.8 Å². The van der Waals surface area contributed by atoms with Gasteiger partial charge in [-0.25, -0.2) is 0 Å². The Morgan fingerprint density at radius 2 is 2.00 bits per heavy atom. The molecule has 1 aromatic rings. The number of halogens is 1. The van der Waals surface area contributed by atoms with Crippen molar-refractivity contribution in [3.05, 3.63) is 28.2 Å². The lowest BCUT2D eigenvalue weighted by molar-refractivity contribution is 0.462. The van der Waals surface area contributed by atoms with Gasteiger partial charge in [0.15, 0.2) is 0 Å². The van der Waals surface area contributed by atoms with Gasteiger partial charge in [-0.3, -0.25) is 0 Å². The van der Waals surface area contributed by atoms with Crippen LogP contribution in [0, 0.1) is 0 Å². The van der Waals surface area contributed by atoms with E-state index >= 15 is 0 Å². The molecule has 0 aromatic heterocycles. The lowest BCUT2D eigenvalue weighted by atomic mass is 9.95. The minimum absolute atomic E-state index is 0.695. The van der Waals surface area contributed by atoms with Crippen molar-refractivity contribution < 1.29 is 0 Å². The van der Waals surface area contributed by atoms with E-state index in [0.29, 0.717) is 6.04 Å². The molecule has 1 aromatic carbocycles. The van der Waals surface area contributed by atoms with Crippen molar-refractivity contribution in [1.82, 2.24) is 0 Å². The minimum Gasteiger partial charge on any atom is -0.382 e. The van der Waals surface area contributed by atoms with Gasteiger partial charge in [0, 0.05) is 16.2 Å². The van der Waals surface area contributed by atoms with Crippen LogP contribution >= 0.6 is 15.9 Å². The van der Waals surface area contributed by atoms with Gasteiger partial charge in [0.2, 0.25) is 0 Å². The van der Waals surface area contributed by atoms with E-state index in [0.717, 1.165) is 6.42 Å². The molecule has 0 atom stereocenters. The van der Waals surface area contributed by atoms with Gasteiger partial charge < -0.3 is 5.32 Å². The average molecular weight is 282 g/mol. The molecule has 2 rings (SSSR count). The molecule has 88 valence electrons. The SMILES string of the molecule is CCc1cc(Br)ccc1NC1CCCCC1. The molecule has 0 spiro atoms. The van der Waals surface area contributed by atoms with Gasteiger partial charge in [-0.15, -0.1) is 0 Å². The molecule has 0 bridgehead atoms. The van der Waals surface area contributed by atoms with Crippen LogP contribution in [-0.2, 0) is 6.42 Å². The van der Waals surface area contributed by atoms with Gasteiger partial charge in [-0.05, 0) is 43.0 Å². The topological polar surface area (TPSA) is 12.0 Å². The van der Waals surface area contributed by atoms with Crippen molar-refractivity contribution in [3.8, 4) is 0 Å². The van der Waals surface area contributed by atoms with Gasteiger partial charge in [0.05, 0.1) is 0 Å². The smallest absolute Gasteiger partial charge is 0.0375 e. The molecule has 0 heterocycles. The first-order valence-corrected chi connectivity index (χ1v) is 7.14. The maximum atomic E-state index is 3.71. The summed E-state index contributed by atoms with van der Waals surface area (Å²) >= 11 is 3.53. The van der Waals surface area contributed by atoms with Crippen molar-refractivity contribution in [2.24, 2.45) is 0 Å². The number of nitrogens with one attached hydrogen (secondary N) is 1. The Labute approximate surface area is 107 Å². The van der Waals surface area contributed by atoms with Crippen LogP contribution in [0.15, 0.2) is 22.7 Å². The summed E-state index contributed by atoms with van der Waals surface area (Å²) in [5.74, 6) is 0. The summed E-state index contributed by atoms with van der Waals surface area (Å²) in [6, 6.07) is 7.26. The highest BCUT2D eigenvalue weighted by atomic mass is 79.9. The molecular formula is C14H20BrN. The molecule has 0 radical (unpaired) electrons. The maximum Gasteiger partial charge on any atom is 0.0375 e. The monoisotopic (exact) mass is 281 g/mol. The Bertz CT molecular complexity index is 343. The molecule has 0 saturated heterocycles. The summed E-state index contributed by atoms with van der Waals surface area (Å²) in [4.78, 5) is 0. The van der Waals surface area contributed by atoms with Crippen LogP contribution in [0.4, 0.5) is 5.69 Å². The Hall–Kier alpha value is -0.500. The van der Waals surface area contributed by atoms with Crippen LogP contribution in [0.25, 0.3) is 0 Å². The lowest BCUT2D eigenvalue weighted by Gasteiger charge is -2.25. The first-order valence-electron chi connectivity index (χ1n) is 6.34. The molecule has 1 nitrogen and oxygen atoms in total. The molecule has 0 amide bonds. The summed E-state index contributed by atoms with van der Waals surface area (Å²) < 4.78 is 1.18. The van der Waals surface area contributed by atoms with Crippen LogP contribution in [0.5, 0.6) is 0 Å². The summed E-state index contributed by atoms with van der Waals surface area (Å²) in [7, 11) is 0. The third-order valence-corrected chi connectivity index (χ3v) is 3.91. The standard InChI is InChI=1S/C14H20BrN/c1-2-11-10-12(15)8-9-14(11)16-13-6-4-3-5-7-13/h8-10,13,16H,2-7H2,1H3. The van der Waals surface area contributed by atoms with Crippen LogP contribution in [-0.4, -0.2) is 6.04 Å². The van der Waals surface area contributed by atoms with Crippen LogP contribution in [0.1, 0.15) is 44.6 Å². The molecule has 2 heteroatoms. The summed E-state index contributed by atoms with van der Waals surface area (Å²) in [6.07, 6.45) is 7.94. The largest absolute Gasteiger partial charge is 0.382 e. The first kappa shape index (κ1) is 12.0. The third kappa shape index (κ3) is 3.00. The average Bonchev–Trinajstić information content (AvgIpc) is 2.33. The van der Waals surface area contributed by atoms with Crippen molar-refractivity contribution >= 4 is 21.6 Å². The van der Waals surface area contributed by atoms with Gasteiger partial charge in [0.25, 0.3) is 0 Å². The predicted octanol–water partition coefficient (Wildman–Crippen LogP) is 4.76. The zero-order valence-electron chi connectivity index (χ0n) is 9.93. The van der Waals surface area contributed by atoms with Crippen molar-refractivity contribution in [1.29, 1.82) is 0 Å². The zero-order chi connectivity index (χ0) is 11.4. The van der Waals surface area contributed by atoms with E-state index in [1.54, 1.807) is 0 Å². The number of hydrogen-bond donors (Lipinski definition) is 1. The number of aryl methyl sites for hydroxylation is 1. The first-order chi connectivity index (χ1) is 7.79. The molecule has 1 saturated carbocycles. The normalized spacial score (nSPS) is 17.4. The molecule has 1 aliphatic rings. The van der Waals surface area contributed by atoms with E-state index in [1.807, 2.05) is 0 Å². The molecule has 1 aliphatic carbocycles. The third-order valence-electron chi connectivity index (χ3n) is 3.41. The predicted molar refractivity (Wildman–Crippen MR) is 74.0 cm³/mol. The highest BCUT2D eigenvalue weighted by Gasteiger charge is 2.14. The minimum atomic E-state index is 0.695. The molecule has 16 heavy (non-hydrogen) atoms. The highest BCUT2D eigenvalue weighted by molar-refractivity contribution is 9.10. The van der Waals surface area contributed by atoms with E-state index in [4.69, 9.17) is 0 Å². The summed E-state index contributed by atoms with van der Waals surface area (Å²) in [6.45, 7) is 2.22. The van der Waals surface area contributed by atoms with Crippen LogP contribution in [0.2, 0.25) is 0 Å². The summed E-state index contributed by atoms with van der Waals surface area (Å²) in [5, 5.41) is 3.71. The maximum absolute atomic E-state index is 3.71. The van der Waals surface area contributed by atoms with Crippen molar-refractivity contribution in [3.63, 3.8) is 0 Å². The van der Waals surface area contributed by atoms with Gasteiger partial charge in [-0.1, -0.05) is 42.1 Å². The second-order valence-corrected chi connectivity index (χ2v) is 5.55. The molecular weight excluding hydrogens is 262 g/mol. The van der Waals surface area contributed by atoms with Crippen LogP contribution in [0.3, 0.4) is 0 Å². The second kappa shape index (κ2) is 5.72. The fraction of sp³-hybridized carbons (Fsp3) is 0.571. The van der Waals surface area contributed by atoms with E-state index in [-0.39, 0.29) is 0 Å². The highest BCUT2D eigenvalue weighted by Crippen LogP contribution is 2.26. The van der Waals surface area contributed by atoms with Gasteiger partial charge in [-0.2, -0.15) is 0 Å². The van der Waals surface area contributed by atoms with E-state index in [9.17, 15) is 0 Å². The zero-order valence-corrected chi connectivity index (χ0v) is 11.5.